The molecule has 1 unspecified atom stereocenters. The molecule has 16 heavy (non-hydrogen) atoms. The first-order valence-electron chi connectivity index (χ1n) is 5.03. The van der Waals surface area contributed by atoms with Crippen LogP contribution < -0.4 is 11.1 Å². The van der Waals surface area contributed by atoms with Gasteiger partial charge in [0.05, 0.1) is 12.7 Å². The molecule has 0 aromatic carbocycles. The molecule has 1 rings (SSSR count). The summed E-state index contributed by atoms with van der Waals surface area (Å²) in [6.07, 6.45) is 2.70. The van der Waals surface area contributed by atoms with Crippen molar-refractivity contribution in [1.82, 2.24) is 20.3 Å². The van der Waals surface area contributed by atoms with Gasteiger partial charge in [0.1, 0.15) is 5.69 Å². The molecule has 92 valence electrons. The van der Waals surface area contributed by atoms with Crippen LogP contribution >= 0.6 is 24.0 Å². The number of rotatable bonds is 4. The number of aromatic nitrogens is 3. The van der Waals surface area contributed by atoms with Crippen molar-refractivity contribution in [2.45, 2.75) is 32.9 Å². The molecular weight excluding hydrogens is 319 g/mol. The van der Waals surface area contributed by atoms with Crippen molar-refractivity contribution in [2.24, 2.45) is 17.8 Å². The molecule has 1 aromatic rings. The maximum Gasteiger partial charge on any atom is 0.189 e. The predicted octanol–water partition coefficient (Wildman–Crippen LogP) is 0.636. The fourth-order valence-electron chi connectivity index (χ4n) is 1.03. The quantitative estimate of drug-likeness (QED) is 0.480. The lowest BCUT2D eigenvalue weighted by molar-refractivity contribution is 0.633. The second-order valence-electron chi connectivity index (χ2n) is 3.48. The van der Waals surface area contributed by atoms with Crippen LogP contribution in [0.5, 0.6) is 0 Å². The highest BCUT2D eigenvalue weighted by molar-refractivity contribution is 14.0. The molecule has 0 saturated heterocycles. The SMILES string of the molecule is CCC(C)NC(N)=NCc1cnn(C)n1.I. The second kappa shape index (κ2) is 7.42. The highest BCUT2D eigenvalue weighted by atomic mass is 127. The van der Waals surface area contributed by atoms with Crippen molar-refractivity contribution >= 4 is 29.9 Å². The van der Waals surface area contributed by atoms with E-state index in [0.717, 1.165) is 12.1 Å². The van der Waals surface area contributed by atoms with Crippen LogP contribution in [0.4, 0.5) is 0 Å². The van der Waals surface area contributed by atoms with Crippen LogP contribution in [0, 0.1) is 0 Å². The molecule has 3 N–H and O–H groups in total. The highest BCUT2D eigenvalue weighted by Crippen LogP contribution is 1.93. The minimum Gasteiger partial charge on any atom is -0.370 e. The molecule has 0 amide bonds. The lowest BCUT2D eigenvalue weighted by Gasteiger charge is -2.11. The van der Waals surface area contributed by atoms with Gasteiger partial charge in [-0.1, -0.05) is 6.92 Å². The summed E-state index contributed by atoms with van der Waals surface area (Å²) in [5.41, 5.74) is 6.50. The van der Waals surface area contributed by atoms with Crippen LogP contribution in [0.3, 0.4) is 0 Å². The smallest absolute Gasteiger partial charge is 0.189 e. The number of hydrogen-bond acceptors (Lipinski definition) is 3. The number of hydrogen-bond donors (Lipinski definition) is 2. The van der Waals surface area contributed by atoms with Crippen molar-refractivity contribution in [3.05, 3.63) is 11.9 Å². The summed E-state index contributed by atoms with van der Waals surface area (Å²) in [6, 6.07) is 0.343. The maximum atomic E-state index is 5.69. The molecular formula is C9H19IN6. The number of nitrogens with one attached hydrogen (secondary N) is 1. The van der Waals surface area contributed by atoms with E-state index in [1.807, 2.05) is 0 Å². The lowest BCUT2D eigenvalue weighted by Crippen LogP contribution is -2.38. The minimum absolute atomic E-state index is 0. The Bertz CT molecular complexity index is 334. The Kier molecular flexibility index (Phi) is 7.02. The van der Waals surface area contributed by atoms with E-state index in [4.69, 9.17) is 5.73 Å². The van der Waals surface area contributed by atoms with E-state index in [2.05, 4.69) is 34.4 Å². The van der Waals surface area contributed by atoms with Gasteiger partial charge < -0.3 is 11.1 Å². The summed E-state index contributed by atoms with van der Waals surface area (Å²) in [6.45, 7) is 4.61. The highest BCUT2D eigenvalue weighted by Gasteiger charge is 2.00. The van der Waals surface area contributed by atoms with Gasteiger partial charge in [-0.3, -0.25) is 0 Å². The molecule has 7 heteroatoms. The second-order valence-corrected chi connectivity index (χ2v) is 3.48. The van der Waals surface area contributed by atoms with Crippen molar-refractivity contribution in [3.63, 3.8) is 0 Å². The van der Waals surface area contributed by atoms with Gasteiger partial charge in [0, 0.05) is 13.1 Å². The molecule has 0 aliphatic carbocycles. The molecule has 0 radical (unpaired) electrons. The van der Waals surface area contributed by atoms with Crippen LogP contribution in [-0.4, -0.2) is 27.0 Å². The molecule has 0 fully saturated rings. The molecule has 0 aliphatic heterocycles. The summed E-state index contributed by atoms with van der Waals surface area (Å²) in [4.78, 5) is 5.67. The van der Waals surface area contributed by atoms with Crippen LogP contribution in [-0.2, 0) is 13.6 Å². The zero-order chi connectivity index (χ0) is 11.3. The van der Waals surface area contributed by atoms with E-state index in [1.165, 1.54) is 4.80 Å². The van der Waals surface area contributed by atoms with E-state index in [1.54, 1.807) is 13.2 Å². The van der Waals surface area contributed by atoms with Crippen molar-refractivity contribution < 1.29 is 0 Å². The largest absolute Gasteiger partial charge is 0.370 e. The van der Waals surface area contributed by atoms with Gasteiger partial charge in [-0.05, 0) is 13.3 Å². The molecule has 1 aromatic heterocycles. The number of aryl methyl sites for hydroxylation is 1. The lowest BCUT2D eigenvalue weighted by atomic mass is 10.3. The summed E-state index contributed by atoms with van der Waals surface area (Å²) in [5, 5.41) is 11.1. The Morgan fingerprint density at radius 1 is 1.69 bits per heavy atom. The Hall–Kier alpha value is -0.860. The third-order valence-corrected chi connectivity index (χ3v) is 2.07. The fraction of sp³-hybridized carbons (Fsp3) is 0.667. The first-order chi connectivity index (χ1) is 7.11. The average molecular weight is 338 g/mol. The number of aliphatic imine (C=N–C) groups is 1. The van der Waals surface area contributed by atoms with Crippen LogP contribution in [0.1, 0.15) is 26.0 Å². The van der Waals surface area contributed by atoms with Crippen LogP contribution in [0.15, 0.2) is 11.2 Å². The zero-order valence-corrected chi connectivity index (χ0v) is 12.2. The van der Waals surface area contributed by atoms with Gasteiger partial charge in [0.25, 0.3) is 0 Å². The van der Waals surface area contributed by atoms with Gasteiger partial charge in [-0.2, -0.15) is 15.0 Å². The van der Waals surface area contributed by atoms with E-state index >= 15 is 0 Å². The van der Waals surface area contributed by atoms with Crippen LogP contribution in [0.2, 0.25) is 0 Å². The van der Waals surface area contributed by atoms with E-state index in [-0.39, 0.29) is 24.0 Å². The molecule has 0 bridgehead atoms. The third-order valence-electron chi connectivity index (χ3n) is 2.07. The van der Waals surface area contributed by atoms with Gasteiger partial charge in [0.2, 0.25) is 0 Å². The first-order valence-corrected chi connectivity index (χ1v) is 5.03. The van der Waals surface area contributed by atoms with Crippen LogP contribution in [0.25, 0.3) is 0 Å². The number of halogens is 1. The standard InChI is InChI=1S/C9H18N6.HI/c1-4-7(2)13-9(10)11-5-8-6-12-15(3)14-8;/h6-7H,4-5H2,1-3H3,(H3,10,11,13);1H. The van der Waals surface area contributed by atoms with Gasteiger partial charge >= 0.3 is 0 Å². The summed E-state index contributed by atoms with van der Waals surface area (Å²) >= 11 is 0. The van der Waals surface area contributed by atoms with E-state index < -0.39 is 0 Å². The topological polar surface area (TPSA) is 81.1 Å². The molecule has 6 nitrogen and oxygen atoms in total. The van der Waals surface area contributed by atoms with Crippen molar-refractivity contribution in [3.8, 4) is 0 Å². The Morgan fingerprint density at radius 2 is 2.38 bits per heavy atom. The summed E-state index contributed by atoms with van der Waals surface area (Å²) < 4.78 is 0. The Balaban J connectivity index is 0.00000225. The monoisotopic (exact) mass is 338 g/mol. The van der Waals surface area contributed by atoms with E-state index in [0.29, 0.717) is 18.5 Å². The molecule has 0 spiro atoms. The molecule has 0 saturated carbocycles. The van der Waals surface area contributed by atoms with Gasteiger partial charge in [0.15, 0.2) is 5.96 Å². The summed E-state index contributed by atoms with van der Waals surface area (Å²) in [7, 11) is 1.77. The Labute approximate surface area is 113 Å². The fourth-order valence-corrected chi connectivity index (χ4v) is 1.03. The normalized spacial score (nSPS) is 13.1. The summed E-state index contributed by atoms with van der Waals surface area (Å²) in [5.74, 6) is 0.454. The van der Waals surface area contributed by atoms with Crippen molar-refractivity contribution in [1.29, 1.82) is 0 Å². The maximum absolute atomic E-state index is 5.69. The molecule has 1 heterocycles. The average Bonchev–Trinajstić information content (AvgIpc) is 2.61. The molecule has 1 atom stereocenters. The minimum atomic E-state index is 0. The van der Waals surface area contributed by atoms with Crippen molar-refractivity contribution in [2.75, 3.05) is 0 Å². The van der Waals surface area contributed by atoms with Gasteiger partial charge in [-0.15, -0.1) is 24.0 Å². The number of nitrogens with two attached hydrogens (primary N) is 1. The van der Waals surface area contributed by atoms with E-state index in [9.17, 15) is 0 Å². The number of nitrogens with zero attached hydrogens (tertiary/aromatic N) is 4. The Morgan fingerprint density at radius 3 is 2.88 bits per heavy atom. The predicted molar refractivity (Wildman–Crippen MR) is 74.6 cm³/mol. The number of guanidine groups is 1. The zero-order valence-electron chi connectivity index (χ0n) is 9.84. The van der Waals surface area contributed by atoms with Gasteiger partial charge in [-0.25, -0.2) is 4.99 Å². The molecule has 0 aliphatic rings. The first kappa shape index (κ1) is 15.1. The third kappa shape index (κ3) is 5.29.